The Bertz CT molecular complexity index is 1030. The number of carbonyl (C=O) groups excluding carboxylic acids is 1. The number of ether oxygens (including phenoxy) is 1. The molecular weight excluding hydrogens is 460 g/mol. The van der Waals surface area contributed by atoms with Gasteiger partial charge in [0.05, 0.1) is 18.7 Å². The lowest BCUT2D eigenvalue weighted by molar-refractivity contribution is -0.859. The fourth-order valence-electron chi connectivity index (χ4n) is 4.17. The summed E-state index contributed by atoms with van der Waals surface area (Å²) in [6, 6.07) is 4.35. The normalized spacial score (nSPS) is 13.6. The van der Waals surface area contributed by atoms with Gasteiger partial charge in [0, 0.05) is 25.9 Å². The minimum absolute atomic E-state index is 0.0385. The van der Waals surface area contributed by atoms with Crippen LogP contribution in [0.3, 0.4) is 0 Å². The number of methoxy groups -OCH3 is 1. The van der Waals surface area contributed by atoms with Crippen LogP contribution in [-0.4, -0.2) is 66.4 Å². The molecule has 1 aliphatic heterocycles. The molecule has 0 saturated carbocycles. The van der Waals surface area contributed by atoms with E-state index < -0.39 is 5.97 Å². The van der Waals surface area contributed by atoms with Gasteiger partial charge in [0.25, 0.3) is 12.1 Å². The van der Waals surface area contributed by atoms with Crippen molar-refractivity contribution in [1.29, 1.82) is 5.41 Å². The first-order chi connectivity index (χ1) is 17.4. The third-order valence-electron chi connectivity index (χ3n) is 6.31. The molecule has 3 heterocycles. The predicted molar refractivity (Wildman–Crippen MR) is 139 cm³/mol. The summed E-state index contributed by atoms with van der Waals surface area (Å²) in [5, 5.41) is 10.7. The Labute approximate surface area is 212 Å². The van der Waals surface area contributed by atoms with Crippen molar-refractivity contribution >= 4 is 29.5 Å². The van der Waals surface area contributed by atoms with Crippen LogP contribution >= 0.6 is 0 Å². The number of fused-ring (bicyclic) bond motifs is 1. The van der Waals surface area contributed by atoms with Crippen molar-refractivity contribution in [3.63, 3.8) is 0 Å². The van der Waals surface area contributed by atoms with Gasteiger partial charge in [-0.25, -0.2) is 9.78 Å². The summed E-state index contributed by atoms with van der Waals surface area (Å²) < 4.78 is 6.50. The lowest BCUT2D eigenvalue weighted by atomic mass is 10.1. The lowest BCUT2D eigenvalue weighted by Crippen LogP contribution is -2.49. The van der Waals surface area contributed by atoms with E-state index in [2.05, 4.69) is 27.3 Å². The SMILES string of the molecule is CO[C@H](C)CN(CCCCc1ccc2c(n1)NCCC2)CCCC(=O)O[n+]1cnc(C=N)c(N)c1N. The van der Waals surface area contributed by atoms with Gasteiger partial charge in [-0.3, -0.25) is 4.84 Å². The van der Waals surface area contributed by atoms with Crippen molar-refractivity contribution in [3.8, 4) is 0 Å². The fraction of sp³-hybridized carbons (Fsp3) is 0.560. The highest BCUT2D eigenvalue weighted by molar-refractivity contribution is 5.84. The largest absolute Gasteiger partial charge is 0.390 e. The van der Waals surface area contributed by atoms with Crippen LogP contribution in [-0.2, 0) is 22.4 Å². The Morgan fingerprint density at radius 1 is 1.31 bits per heavy atom. The van der Waals surface area contributed by atoms with Gasteiger partial charge < -0.3 is 31.8 Å². The molecule has 3 rings (SSSR count). The number of rotatable bonds is 14. The molecule has 6 N–H and O–H groups in total. The number of anilines is 3. The third kappa shape index (κ3) is 7.85. The molecule has 1 aliphatic rings. The molecule has 36 heavy (non-hydrogen) atoms. The number of unbranched alkanes of at least 4 members (excludes halogenated alkanes) is 1. The zero-order valence-electron chi connectivity index (χ0n) is 21.3. The molecule has 196 valence electrons. The van der Waals surface area contributed by atoms with Crippen LogP contribution in [0.1, 0.15) is 56.0 Å². The average molecular weight is 500 g/mol. The third-order valence-corrected chi connectivity index (χ3v) is 6.31. The van der Waals surface area contributed by atoms with Gasteiger partial charge in [0.15, 0.2) is 11.4 Å². The van der Waals surface area contributed by atoms with Crippen LogP contribution in [0.25, 0.3) is 0 Å². The maximum absolute atomic E-state index is 12.3. The number of nitrogen functional groups attached to an aromatic ring is 2. The Morgan fingerprint density at radius 3 is 2.89 bits per heavy atom. The summed E-state index contributed by atoms with van der Waals surface area (Å²) in [6.45, 7) is 5.49. The van der Waals surface area contributed by atoms with Crippen LogP contribution in [0.5, 0.6) is 0 Å². The summed E-state index contributed by atoms with van der Waals surface area (Å²) >= 11 is 0. The van der Waals surface area contributed by atoms with Gasteiger partial charge in [0.2, 0.25) is 0 Å². The first-order valence-corrected chi connectivity index (χ1v) is 12.6. The Hall–Kier alpha value is -3.31. The van der Waals surface area contributed by atoms with Gasteiger partial charge in [-0.15, -0.1) is 4.98 Å². The van der Waals surface area contributed by atoms with Crippen LogP contribution < -0.4 is 26.4 Å². The molecule has 2 aromatic rings. The molecule has 0 saturated heterocycles. The van der Waals surface area contributed by atoms with Crippen molar-refractivity contribution < 1.29 is 19.1 Å². The second-order valence-corrected chi connectivity index (χ2v) is 9.11. The quantitative estimate of drug-likeness (QED) is 0.171. The first kappa shape index (κ1) is 27.3. The van der Waals surface area contributed by atoms with Gasteiger partial charge in [0.1, 0.15) is 5.82 Å². The lowest BCUT2D eigenvalue weighted by Gasteiger charge is -2.25. The number of aryl methyl sites for hydroxylation is 2. The van der Waals surface area contributed by atoms with E-state index in [-0.39, 0.29) is 29.7 Å². The first-order valence-electron chi connectivity index (χ1n) is 12.6. The van der Waals surface area contributed by atoms with Crippen molar-refractivity contribution in [2.45, 2.75) is 58.0 Å². The molecule has 11 nitrogen and oxygen atoms in total. The van der Waals surface area contributed by atoms with E-state index in [0.717, 1.165) is 74.3 Å². The highest BCUT2D eigenvalue weighted by Gasteiger charge is 2.18. The smallest absolute Gasteiger partial charge is 0.350 e. The van der Waals surface area contributed by atoms with E-state index in [0.29, 0.717) is 6.42 Å². The van der Waals surface area contributed by atoms with E-state index in [9.17, 15) is 4.79 Å². The number of nitrogens with two attached hydrogens (primary N) is 2. The molecule has 2 aromatic heterocycles. The number of hydrogen-bond donors (Lipinski definition) is 4. The highest BCUT2D eigenvalue weighted by atomic mass is 16.7. The monoisotopic (exact) mass is 499 g/mol. The molecule has 0 fully saturated rings. The number of nitrogens with zero attached hydrogens (tertiary/aromatic N) is 4. The minimum Gasteiger partial charge on any atom is -0.390 e. The Morgan fingerprint density at radius 2 is 2.11 bits per heavy atom. The van der Waals surface area contributed by atoms with Gasteiger partial charge in [-0.1, -0.05) is 6.07 Å². The second kappa shape index (κ2) is 13.7. The number of pyridine rings is 1. The minimum atomic E-state index is -0.428. The molecule has 0 amide bonds. The van der Waals surface area contributed by atoms with Gasteiger partial charge >= 0.3 is 5.97 Å². The Kier molecular flexibility index (Phi) is 10.4. The van der Waals surface area contributed by atoms with Crippen molar-refractivity contribution in [1.82, 2.24) is 14.9 Å². The molecule has 11 heteroatoms. The van der Waals surface area contributed by atoms with E-state index in [4.69, 9.17) is 31.4 Å². The summed E-state index contributed by atoms with van der Waals surface area (Å²) in [6.07, 6.45) is 8.48. The average Bonchev–Trinajstić information content (AvgIpc) is 2.89. The van der Waals surface area contributed by atoms with E-state index >= 15 is 0 Å². The summed E-state index contributed by atoms with van der Waals surface area (Å²) in [5.41, 5.74) is 14.5. The number of nitrogens with one attached hydrogen (secondary N) is 2. The molecule has 0 radical (unpaired) electrons. The zero-order valence-corrected chi connectivity index (χ0v) is 21.3. The van der Waals surface area contributed by atoms with E-state index in [1.54, 1.807) is 7.11 Å². The van der Waals surface area contributed by atoms with Crippen molar-refractivity contribution in [2.75, 3.05) is 50.1 Å². The molecular formula is C25H39N8O3+. The summed E-state index contributed by atoms with van der Waals surface area (Å²) in [5.74, 6) is 0.657. The molecule has 0 spiro atoms. The number of aromatic nitrogens is 3. The van der Waals surface area contributed by atoms with Crippen molar-refractivity contribution in [2.24, 2.45) is 0 Å². The van der Waals surface area contributed by atoms with E-state index in [1.807, 2.05) is 6.92 Å². The molecule has 0 bridgehead atoms. The predicted octanol–water partition coefficient (Wildman–Crippen LogP) is 1.38. The van der Waals surface area contributed by atoms with Crippen molar-refractivity contribution in [3.05, 3.63) is 35.4 Å². The summed E-state index contributed by atoms with van der Waals surface area (Å²) in [7, 11) is 1.71. The standard InChI is InChI=1S/C25H38N8O3/c1-18(35-2)16-32(13-4-3-8-20-11-10-19-7-5-12-29-25(19)31-20)14-6-9-22(34)36-33-17-30-21(15-26)23(27)24(33)28/h10-11,15,17-18,28H,3-9,12-14,16H2,1-2H3,(H4,26,27,29,31)/p+1/t18-/m1/s1. The van der Waals surface area contributed by atoms with Gasteiger partial charge in [-0.2, -0.15) is 0 Å². The van der Waals surface area contributed by atoms with Crippen LogP contribution in [0.2, 0.25) is 0 Å². The number of carbonyl (C=O) groups is 1. The molecule has 0 unspecified atom stereocenters. The second-order valence-electron chi connectivity index (χ2n) is 9.11. The number of hydrogen-bond acceptors (Lipinski definition) is 10. The maximum Gasteiger partial charge on any atom is 0.350 e. The van der Waals surface area contributed by atoms with Crippen LogP contribution in [0.15, 0.2) is 18.5 Å². The van der Waals surface area contributed by atoms with E-state index in [1.165, 1.54) is 18.3 Å². The fourth-order valence-corrected chi connectivity index (χ4v) is 4.17. The van der Waals surface area contributed by atoms with Crippen LogP contribution in [0.4, 0.5) is 17.3 Å². The Balaban J connectivity index is 1.43. The summed E-state index contributed by atoms with van der Waals surface area (Å²) in [4.78, 5) is 28.7. The zero-order chi connectivity index (χ0) is 25.9. The van der Waals surface area contributed by atoms with Crippen LogP contribution in [0, 0.1) is 5.41 Å². The van der Waals surface area contributed by atoms with Gasteiger partial charge in [-0.05, 0) is 74.9 Å². The molecule has 0 aromatic carbocycles. The maximum atomic E-state index is 12.3. The topological polar surface area (TPSA) is 156 Å². The molecule has 0 aliphatic carbocycles. The highest BCUT2D eigenvalue weighted by Crippen LogP contribution is 2.20. The molecule has 1 atom stereocenters.